The van der Waals surface area contributed by atoms with Crippen LogP contribution in [0.15, 0.2) is 12.5 Å². The molecule has 1 unspecified atom stereocenters. The van der Waals surface area contributed by atoms with Gasteiger partial charge in [0.05, 0.1) is 23.9 Å². The monoisotopic (exact) mass is 222 g/mol. The smallest absolute Gasteiger partial charge is 0.142 e. The van der Waals surface area contributed by atoms with Gasteiger partial charge in [-0.2, -0.15) is 0 Å². The lowest BCUT2D eigenvalue weighted by molar-refractivity contribution is 0.825. The molecule has 2 N–H and O–H groups in total. The summed E-state index contributed by atoms with van der Waals surface area (Å²) in [6.45, 7) is 3.97. The molecule has 0 aliphatic rings. The average Bonchev–Trinajstić information content (AvgIpc) is 2.71. The van der Waals surface area contributed by atoms with Crippen molar-refractivity contribution in [2.45, 2.75) is 19.9 Å². The molecule has 2 heterocycles. The van der Waals surface area contributed by atoms with E-state index in [9.17, 15) is 0 Å². The molecule has 0 aliphatic heterocycles. The van der Waals surface area contributed by atoms with Crippen molar-refractivity contribution in [3.63, 3.8) is 0 Å². The van der Waals surface area contributed by atoms with E-state index in [4.69, 9.17) is 5.73 Å². The molecule has 5 heteroatoms. The highest BCUT2D eigenvalue weighted by Crippen LogP contribution is 2.30. The van der Waals surface area contributed by atoms with Gasteiger partial charge in [-0.05, 0) is 13.8 Å². The number of aromatic nitrogens is 3. The van der Waals surface area contributed by atoms with Crippen LogP contribution in [-0.2, 0) is 7.05 Å². The lowest BCUT2D eigenvalue weighted by Gasteiger charge is -1.99. The second kappa shape index (κ2) is 3.75. The zero-order valence-corrected chi connectivity index (χ0v) is 9.88. The van der Waals surface area contributed by atoms with Crippen molar-refractivity contribution in [2.24, 2.45) is 12.8 Å². The Balaban J connectivity index is 2.47. The maximum Gasteiger partial charge on any atom is 0.142 e. The highest BCUT2D eigenvalue weighted by atomic mass is 32.1. The summed E-state index contributed by atoms with van der Waals surface area (Å²) in [5, 5.41) is 0.986. The summed E-state index contributed by atoms with van der Waals surface area (Å²) in [6, 6.07) is 0.0458. The van der Waals surface area contributed by atoms with Crippen LogP contribution in [0.1, 0.15) is 23.5 Å². The molecule has 2 rings (SSSR count). The predicted molar refractivity (Wildman–Crippen MR) is 61.7 cm³/mol. The Morgan fingerprint density at radius 2 is 2.27 bits per heavy atom. The Morgan fingerprint density at radius 3 is 2.73 bits per heavy atom. The Bertz CT molecular complexity index is 469. The molecule has 0 fully saturated rings. The normalized spacial score (nSPS) is 13.1. The first-order valence-corrected chi connectivity index (χ1v) is 5.61. The van der Waals surface area contributed by atoms with Gasteiger partial charge >= 0.3 is 0 Å². The minimum atomic E-state index is 0.0458. The number of nitrogens with zero attached hydrogens (tertiary/aromatic N) is 3. The fourth-order valence-electron chi connectivity index (χ4n) is 1.50. The van der Waals surface area contributed by atoms with Crippen LogP contribution in [0, 0.1) is 6.92 Å². The summed E-state index contributed by atoms with van der Waals surface area (Å²) < 4.78 is 1.96. The fourth-order valence-corrected chi connectivity index (χ4v) is 2.57. The number of imidazole rings is 1. The zero-order valence-electron chi connectivity index (χ0n) is 9.06. The van der Waals surface area contributed by atoms with Crippen molar-refractivity contribution in [3.05, 3.63) is 23.1 Å². The van der Waals surface area contributed by atoms with Gasteiger partial charge in [0.25, 0.3) is 0 Å². The van der Waals surface area contributed by atoms with Gasteiger partial charge in [-0.1, -0.05) is 0 Å². The molecule has 2 aromatic rings. The van der Waals surface area contributed by atoms with Gasteiger partial charge < -0.3 is 10.3 Å². The first kappa shape index (κ1) is 10.3. The molecule has 15 heavy (non-hydrogen) atoms. The van der Waals surface area contributed by atoms with Gasteiger partial charge in [0.15, 0.2) is 0 Å². The van der Waals surface area contributed by atoms with Gasteiger partial charge in [0.1, 0.15) is 5.01 Å². The average molecular weight is 222 g/mol. The molecule has 0 spiro atoms. The van der Waals surface area contributed by atoms with Crippen LogP contribution in [-0.4, -0.2) is 14.5 Å². The van der Waals surface area contributed by atoms with E-state index in [0.29, 0.717) is 0 Å². The van der Waals surface area contributed by atoms with Crippen LogP contribution < -0.4 is 5.73 Å². The summed E-state index contributed by atoms with van der Waals surface area (Å²) in [5.41, 5.74) is 7.92. The minimum absolute atomic E-state index is 0.0458. The van der Waals surface area contributed by atoms with E-state index >= 15 is 0 Å². The van der Waals surface area contributed by atoms with E-state index < -0.39 is 0 Å². The maximum atomic E-state index is 5.87. The van der Waals surface area contributed by atoms with Crippen molar-refractivity contribution in [3.8, 4) is 10.7 Å². The van der Waals surface area contributed by atoms with E-state index in [1.807, 2.05) is 31.7 Å². The fraction of sp³-hybridized carbons (Fsp3) is 0.400. The standard InChI is InChI=1S/C10H14N4S/c1-6(11)9-7(2)13-10(15-9)8-4-12-5-14(8)3/h4-6H,11H2,1-3H3. The number of hydrogen-bond acceptors (Lipinski definition) is 4. The number of hydrogen-bond donors (Lipinski definition) is 1. The van der Waals surface area contributed by atoms with Crippen LogP contribution in [0.5, 0.6) is 0 Å². The van der Waals surface area contributed by atoms with Gasteiger partial charge in [-0.15, -0.1) is 11.3 Å². The molecule has 80 valence electrons. The van der Waals surface area contributed by atoms with Crippen LogP contribution >= 0.6 is 11.3 Å². The first-order chi connectivity index (χ1) is 7.09. The molecule has 0 amide bonds. The maximum absolute atomic E-state index is 5.87. The van der Waals surface area contributed by atoms with Crippen LogP contribution in [0.3, 0.4) is 0 Å². The SMILES string of the molecule is Cc1nc(-c2cncn2C)sc1C(C)N. The van der Waals surface area contributed by atoms with Crippen molar-refractivity contribution in [1.29, 1.82) is 0 Å². The molecule has 2 aromatic heterocycles. The minimum Gasteiger partial charge on any atom is -0.332 e. The quantitative estimate of drug-likeness (QED) is 0.844. The van der Waals surface area contributed by atoms with Crippen molar-refractivity contribution in [2.75, 3.05) is 0 Å². The molecular weight excluding hydrogens is 208 g/mol. The summed E-state index contributed by atoms with van der Waals surface area (Å²) >= 11 is 1.64. The van der Waals surface area contributed by atoms with Crippen LogP contribution in [0.4, 0.5) is 0 Å². The summed E-state index contributed by atoms with van der Waals surface area (Å²) in [7, 11) is 1.96. The molecule has 0 bridgehead atoms. The Hall–Kier alpha value is -1.20. The third-order valence-electron chi connectivity index (χ3n) is 2.28. The van der Waals surface area contributed by atoms with Crippen molar-refractivity contribution < 1.29 is 0 Å². The molecule has 0 aromatic carbocycles. The summed E-state index contributed by atoms with van der Waals surface area (Å²) in [4.78, 5) is 9.74. The third kappa shape index (κ3) is 1.80. The first-order valence-electron chi connectivity index (χ1n) is 4.79. The predicted octanol–water partition coefficient (Wildman–Crippen LogP) is 1.87. The number of thiazole rings is 1. The number of rotatable bonds is 2. The van der Waals surface area contributed by atoms with Crippen molar-refractivity contribution >= 4 is 11.3 Å². The van der Waals surface area contributed by atoms with Gasteiger partial charge in [0.2, 0.25) is 0 Å². The highest BCUT2D eigenvalue weighted by molar-refractivity contribution is 7.15. The largest absolute Gasteiger partial charge is 0.332 e. The van der Waals surface area contributed by atoms with Crippen LogP contribution in [0.25, 0.3) is 10.7 Å². The topological polar surface area (TPSA) is 56.7 Å². The molecule has 0 radical (unpaired) electrons. The lowest BCUT2D eigenvalue weighted by Crippen LogP contribution is -2.03. The number of aryl methyl sites for hydroxylation is 2. The van der Waals surface area contributed by atoms with Crippen molar-refractivity contribution in [1.82, 2.24) is 14.5 Å². The Kier molecular flexibility index (Phi) is 2.58. The molecule has 0 saturated carbocycles. The molecule has 1 atom stereocenters. The second-order valence-electron chi connectivity index (χ2n) is 3.65. The van der Waals surface area contributed by atoms with E-state index in [2.05, 4.69) is 9.97 Å². The van der Waals surface area contributed by atoms with E-state index in [1.54, 1.807) is 17.7 Å². The number of nitrogens with two attached hydrogens (primary N) is 1. The third-order valence-corrected chi connectivity index (χ3v) is 3.66. The van der Waals surface area contributed by atoms with Gasteiger partial charge in [-0.3, -0.25) is 0 Å². The van der Waals surface area contributed by atoms with Gasteiger partial charge in [0, 0.05) is 18.0 Å². The van der Waals surface area contributed by atoms with E-state index in [1.165, 1.54) is 0 Å². The zero-order chi connectivity index (χ0) is 11.0. The summed E-state index contributed by atoms with van der Waals surface area (Å²) in [6.07, 6.45) is 3.60. The lowest BCUT2D eigenvalue weighted by atomic mass is 10.2. The van der Waals surface area contributed by atoms with Gasteiger partial charge in [-0.25, -0.2) is 9.97 Å². The molecule has 0 aliphatic carbocycles. The van der Waals surface area contributed by atoms with E-state index in [-0.39, 0.29) is 6.04 Å². The Morgan fingerprint density at radius 1 is 1.53 bits per heavy atom. The molecular formula is C10H14N4S. The highest BCUT2D eigenvalue weighted by Gasteiger charge is 2.13. The molecule has 4 nitrogen and oxygen atoms in total. The van der Waals surface area contributed by atoms with Crippen LogP contribution in [0.2, 0.25) is 0 Å². The van der Waals surface area contributed by atoms with E-state index in [0.717, 1.165) is 21.3 Å². The summed E-state index contributed by atoms with van der Waals surface area (Å²) in [5.74, 6) is 0. The molecule has 0 saturated heterocycles. The Labute approximate surface area is 92.8 Å². The second-order valence-corrected chi connectivity index (χ2v) is 4.68.